The number of aromatic nitrogens is 2. The summed E-state index contributed by atoms with van der Waals surface area (Å²) >= 11 is 0. The fourth-order valence-corrected chi connectivity index (χ4v) is 2.10. The van der Waals surface area contributed by atoms with Crippen molar-refractivity contribution in [2.75, 3.05) is 12.4 Å². The van der Waals surface area contributed by atoms with E-state index in [2.05, 4.69) is 36.1 Å². The van der Waals surface area contributed by atoms with Crippen molar-refractivity contribution in [3.05, 3.63) is 41.9 Å². The third-order valence-electron chi connectivity index (χ3n) is 3.59. The largest absolute Gasteiger partial charge is 0.439 e. The monoisotopic (exact) mass is 357 g/mol. The van der Waals surface area contributed by atoms with Crippen LogP contribution in [0.15, 0.2) is 30.3 Å². The van der Waals surface area contributed by atoms with E-state index >= 15 is 0 Å². The van der Waals surface area contributed by atoms with Gasteiger partial charge in [-0.1, -0.05) is 34.6 Å². The summed E-state index contributed by atoms with van der Waals surface area (Å²) in [6, 6.07) is 8.97. The van der Waals surface area contributed by atoms with Crippen LogP contribution in [0.4, 0.5) is 5.69 Å². The quantitative estimate of drug-likeness (QED) is 0.834. The van der Waals surface area contributed by atoms with E-state index in [0.717, 1.165) is 11.4 Å². The van der Waals surface area contributed by atoms with Crippen molar-refractivity contribution in [3.8, 4) is 11.6 Å². The Hall–Kier alpha value is -2.47. The number of hydrogen-bond donors (Lipinski definition) is 1. The lowest BCUT2D eigenvalue weighted by Gasteiger charge is -2.18. The van der Waals surface area contributed by atoms with Gasteiger partial charge in [-0.05, 0) is 24.3 Å². The molecule has 0 bridgehead atoms. The first-order chi connectivity index (χ1) is 12.2. The fourth-order valence-electron chi connectivity index (χ4n) is 2.10. The van der Waals surface area contributed by atoms with Crippen molar-refractivity contribution in [2.24, 2.45) is 5.92 Å². The fraction of sp³-hybridized carbons (Fsp3) is 0.450. The van der Waals surface area contributed by atoms with E-state index in [1.807, 2.05) is 13.8 Å². The summed E-state index contributed by atoms with van der Waals surface area (Å²) in [5, 5.41) is 2.85. The summed E-state index contributed by atoms with van der Waals surface area (Å²) in [6.45, 7) is 10.2. The number of benzene rings is 1. The highest BCUT2D eigenvalue weighted by Gasteiger charge is 2.20. The molecule has 0 aliphatic rings. The number of amides is 1. The van der Waals surface area contributed by atoms with Gasteiger partial charge in [-0.15, -0.1) is 0 Å². The molecular formula is C20H27N3O3. The molecule has 0 spiro atoms. The zero-order valence-electron chi connectivity index (χ0n) is 16.3. The second kappa shape index (κ2) is 8.27. The Kier molecular flexibility index (Phi) is 6.32. The summed E-state index contributed by atoms with van der Waals surface area (Å²) in [4.78, 5) is 20.8. The third-order valence-corrected chi connectivity index (χ3v) is 3.59. The Labute approximate surface area is 155 Å². The number of anilines is 1. The number of nitrogens with one attached hydrogen (secondary N) is 1. The molecule has 1 heterocycles. The number of hydrogen-bond acceptors (Lipinski definition) is 5. The van der Waals surface area contributed by atoms with Gasteiger partial charge in [-0.2, -0.15) is 4.98 Å². The van der Waals surface area contributed by atoms with Crippen molar-refractivity contribution >= 4 is 11.6 Å². The highest BCUT2D eigenvalue weighted by Crippen LogP contribution is 2.26. The minimum atomic E-state index is -0.202. The number of methoxy groups -OCH3 is 1. The predicted molar refractivity (Wildman–Crippen MR) is 101 cm³/mol. The topological polar surface area (TPSA) is 73.3 Å². The second-order valence-corrected chi connectivity index (χ2v) is 7.47. The molecule has 0 radical (unpaired) electrons. The van der Waals surface area contributed by atoms with E-state index in [1.54, 1.807) is 37.4 Å². The van der Waals surface area contributed by atoms with Crippen LogP contribution in [0.2, 0.25) is 0 Å². The van der Waals surface area contributed by atoms with Crippen molar-refractivity contribution in [1.29, 1.82) is 0 Å². The van der Waals surface area contributed by atoms with E-state index in [-0.39, 0.29) is 17.2 Å². The maximum Gasteiger partial charge on any atom is 0.226 e. The molecule has 1 aromatic carbocycles. The van der Waals surface area contributed by atoms with E-state index in [0.29, 0.717) is 24.1 Å². The van der Waals surface area contributed by atoms with Gasteiger partial charge in [-0.25, -0.2) is 4.98 Å². The van der Waals surface area contributed by atoms with Gasteiger partial charge in [0.25, 0.3) is 0 Å². The minimum absolute atomic E-state index is 0.0199. The molecule has 0 saturated heterocycles. The first-order valence-corrected chi connectivity index (χ1v) is 8.65. The van der Waals surface area contributed by atoms with Gasteiger partial charge in [0.1, 0.15) is 11.6 Å². The maximum atomic E-state index is 11.7. The zero-order valence-corrected chi connectivity index (χ0v) is 16.3. The Morgan fingerprint density at radius 2 is 1.81 bits per heavy atom. The Bertz CT molecular complexity index is 750. The lowest BCUT2D eigenvalue weighted by atomic mass is 9.95. The lowest BCUT2D eigenvalue weighted by molar-refractivity contribution is -0.118. The molecule has 2 aromatic rings. The molecule has 1 amide bonds. The average Bonchev–Trinajstić information content (AvgIpc) is 2.56. The van der Waals surface area contributed by atoms with E-state index in [4.69, 9.17) is 9.47 Å². The van der Waals surface area contributed by atoms with Gasteiger partial charge >= 0.3 is 0 Å². The second-order valence-electron chi connectivity index (χ2n) is 7.47. The van der Waals surface area contributed by atoms with Crippen molar-refractivity contribution in [1.82, 2.24) is 9.97 Å². The molecule has 140 valence electrons. The van der Waals surface area contributed by atoms with Crippen LogP contribution < -0.4 is 10.1 Å². The summed E-state index contributed by atoms with van der Waals surface area (Å²) in [6.07, 6.45) is 0. The molecule has 0 unspecified atom stereocenters. The van der Waals surface area contributed by atoms with Gasteiger partial charge in [-0.3, -0.25) is 4.79 Å². The molecule has 6 nitrogen and oxygen atoms in total. The van der Waals surface area contributed by atoms with Crippen LogP contribution >= 0.6 is 0 Å². The Balaban J connectivity index is 2.19. The molecule has 0 aliphatic heterocycles. The Morgan fingerprint density at radius 1 is 1.15 bits per heavy atom. The third kappa shape index (κ3) is 5.52. The van der Waals surface area contributed by atoms with Crippen LogP contribution in [0, 0.1) is 5.92 Å². The number of carbonyl (C=O) groups is 1. The normalized spacial score (nSPS) is 11.5. The average molecular weight is 357 g/mol. The predicted octanol–water partition coefficient (Wildman–Crippen LogP) is 4.31. The lowest BCUT2D eigenvalue weighted by Crippen LogP contribution is -2.18. The van der Waals surface area contributed by atoms with E-state index < -0.39 is 0 Å². The van der Waals surface area contributed by atoms with Crippen molar-refractivity contribution in [2.45, 2.75) is 46.6 Å². The molecular weight excluding hydrogens is 330 g/mol. The molecule has 2 rings (SSSR count). The summed E-state index contributed by atoms with van der Waals surface area (Å²) in [5.41, 5.74) is 1.30. The number of ether oxygens (including phenoxy) is 2. The van der Waals surface area contributed by atoms with Gasteiger partial charge in [0, 0.05) is 30.2 Å². The van der Waals surface area contributed by atoms with Crippen LogP contribution in [-0.2, 0) is 21.6 Å². The van der Waals surface area contributed by atoms with Crippen molar-refractivity contribution in [3.63, 3.8) is 0 Å². The zero-order chi connectivity index (χ0) is 19.3. The number of carbonyl (C=O) groups excluding carboxylic acids is 1. The van der Waals surface area contributed by atoms with Crippen LogP contribution in [-0.4, -0.2) is 23.0 Å². The smallest absolute Gasteiger partial charge is 0.226 e. The molecule has 0 fully saturated rings. The van der Waals surface area contributed by atoms with Crippen LogP contribution in [0.1, 0.15) is 46.1 Å². The van der Waals surface area contributed by atoms with E-state index in [1.165, 1.54) is 0 Å². The maximum absolute atomic E-state index is 11.7. The van der Waals surface area contributed by atoms with Crippen LogP contribution in [0.5, 0.6) is 11.6 Å². The molecule has 1 aromatic heterocycles. The number of nitrogens with zero attached hydrogens (tertiary/aromatic N) is 2. The Morgan fingerprint density at radius 3 is 2.35 bits per heavy atom. The van der Waals surface area contributed by atoms with Crippen LogP contribution in [0.3, 0.4) is 0 Å². The van der Waals surface area contributed by atoms with Gasteiger partial charge in [0.2, 0.25) is 11.8 Å². The standard InChI is InChI=1S/C20H27N3O3/c1-13(2)18(24)21-14-7-9-16(10-8-14)26-17-11-15(12-25-6)22-19(23-17)20(3,4)5/h7-11,13H,12H2,1-6H3,(H,21,24). The SMILES string of the molecule is COCc1cc(Oc2ccc(NC(=O)C(C)C)cc2)nc(C(C)(C)C)n1. The molecule has 0 aliphatic carbocycles. The first kappa shape index (κ1) is 19.8. The summed E-state index contributed by atoms with van der Waals surface area (Å²) < 4.78 is 11.1. The van der Waals surface area contributed by atoms with Gasteiger partial charge in [0.15, 0.2) is 0 Å². The minimum Gasteiger partial charge on any atom is -0.439 e. The van der Waals surface area contributed by atoms with Gasteiger partial charge < -0.3 is 14.8 Å². The molecule has 1 N–H and O–H groups in total. The number of rotatable bonds is 6. The van der Waals surface area contributed by atoms with E-state index in [9.17, 15) is 4.79 Å². The molecule has 0 saturated carbocycles. The van der Waals surface area contributed by atoms with Crippen molar-refractivity contribution < 1.29 is 14.3 Å². The summed E-state index contributed by atoms with van der Waals surface area (Å²) in [5.74, 6) is 1.71. The van der Waals surface area contributed by atoms with Crippen LogP contribution in [0.25, 0.3) is 0 Å². The molecule has 0 atom stereocenters. The molecule has 6 heteroatoms. The molecule has 26 heavy (non-hydrogen) atoms. The highest BCUT2D eigenvalue weighted by atomic mass is 16.5. The van der Waals surface area contributed by atoms with Gasteiger partial charge in [0.05, 0.1) is 12.3 Å². The highest BCUT2D eigenvalue weighted by molar-refractivity contribution is 5.92. The summed E-state index contributed by atoms with van der Waals surface area (Å²) in [7, 11) is 1.63. The first-order valence-electron chi connectivity index (χ1n) is 8.65.